The van der Waals surface area contributed by atoms with Crippen molar-refractivity contribution in [3.05, 3.63) is 22.7 Å². The van der Waals surface area contributed by atoms with Crippen LogP contribution in [0, 0.1) is 0 Å². The van der Waals surface area contributed by atoms with Gasteiger partial charge in [-0.25, -0.2) is 4.79 Å². The van der Waals surface area contributed by atoms with Gasteiger partial charge in [-0.1, -0.05) is 0 Å². The summed E-state index contributed by atoms with van der Waals surface area (Å²) in [7, 11) is 0. The Balaban J connectivity index is 1.82. The number of morpholine rings is 1. The fourth-order valence-electron chi connectivity index (χ4n) is 2.68. The van der Waals surface area contributed by atoms with Crippen molar-refractivity contribution in [2.24, 2.45) is 0 Å². The molecule has 0 radical (unpaired) electrons. The summed E-state index contributed by atoms with van der Waals surface area (Å²) in [6.07, 6.45) is -3.07. The van der Waals surface area contributed by atoms with Crippen LogP contribution in [0.2, 0.25) is 0 Å². The molecule has 122 valence electrons. The van der Waals surface area contributed by atoms with Crippen LogP contribution in [0.15, 0.2) is 17.1 Å². The molecule has 0 saturated carbocycles. The van der Waals surface area contributed by atoms with E-state index in [1.54, 1.807) is 6.07 Å². The summed E-state index contributed by atoms with van der Waals surface area (Å²) in [6, 6.07) is 1.65. The van der Waals surface area contributed by atoms with E-state index in [2.05, 4.69) is 4.98 Å². The lowest BCUT2D eigenvalue weighted by Gasteiger charge is -2.28. The van der Waals surface area contributed by atoms with Crippen LogP contribution in [0.25, 0.3) is 0 Å². The summed E-state index contributed by atoms with van der Waals surface area (Å²) < 4.78 is 11.7. The van der Waals surface area contributed by atoms with Gasteiger partial charge in [0.2, 0.25) is 0 Å². The molecular weight excluding hydrogens is 294 g/mol. The van der Waals surface area contributed by atoms with Crippen LogP contribution in [0.1, 0.15) is 6.23 Å². The maximum absolute atomic E-state index is 12.2. The van der Waals surface area contributed by atoms with Gasteiger partial charge in [0, 0.05) is 19.3 Å². The zero-order valence-electron chi connectivity index (χ0n) is 11.9. The lowest BCUT2D eigenvalue weighted by molar-refractivity contribution is -0.0549. The lowest BCUT2D eigenvalue weighted by Crippen LogP contribution is -2.40. The van der Waals surface area contributed by atoms with Gasteiger partial charge in [0.25, 0.3) is 0 Å². The number of hydrogen-bond acceptors (Lipinski definition) is 8. The zero-order chi connectivity index (χ0) is 15.7. The third-order valence-electron chi connectivity index (χ3n) is 3.94. The predicted octanol–water partition coefficient (Wildman–Crippen LogP) is -2.31. The number of ether oxygens (including phenoxy) is 2. The molecule has 2 aliphatic rings. The number of anilines is 1. The van der Waals surface area contributed by atoms with Gasteiger partial charge in [-0.15, -0.1) is 0 Å². The van der Waals surface area contributed by atoms with E-state index in [0.29, 0.717) is 32.1 Å². The van der Waals surface area contributed by atoms with Crippen LogP contribution in [0.3, 0.4) is 0 Å². The highest BCUT2D eigenvalue weighted by Crippen LogP contribution is 2.28. The molecule has 2 fully saturated rings. The summed E-state index contributed by atoms with van der Waals surface area (Å²) >= 11 is 0. The average Bonchev–Trinajstić information content (AvgIpc) is 2.83. The Morgan fingerprint density at radius 3 is 2.59 bits per heavy atom. The Morgan fingerprint density at radius 1 is 1.27 bits per heavy atom. The summed E-state index contributed by atoms with van der Waals surface area (Å²) in [5, 5.41) is 28.8. The molecule has 3 N–H and O–H groups in total. The van der Waals surface area contributed by atoms with E-state index >= 15 is 0 Å². The molecule has 0 aliphatic carbocycles. The first kappa shape index (κ1) is 15.4. The standard InChI is InChI=1S/C13H19N3O6/c17-7-8-10(18)11(19)12(22-8)16-2-1-9(14-13(16)20)15-3-5-21-6-4-15/h1-2,8,10-12,17-19H,3-7H2/t8-,10+,11+,12-/m1/s1. The van der Waals surface area contributed by atoms with Gasteiger partial charge in [-0.3, -0.25) is 4.57 Å². The van der Waals surface area contributed by atoms with Crippen molar-refractivity contribution in [2.75, 3.05) is 37.8 Å². The first-order chi connectivity index (χ1) is 10.6. The minimum absolute atomic E-state index is 0.442. The topological polar surface area (TPSA) is 117 Å². The van der Waals surface area contributed by atoms with Crippen molar-refractivity contribution < 1.29 is 24.8 Å². The van der Waals surface area contributed by atoms with Crippen molar-refractivity contribution in [3.8, 4) is 0 Å². The molecule has 22 heavy (non-hydrogen) atoms. The smallest absolute Gasteiger partial charge is 0.351 e. The van der Waals surface area contributed by atoms with Crippen LogP contribution in [0.4, 0.5) is 5.82 Å². The third kappa shape index (κ3) is 2.73. The maximum Gasteiger partial charge on any atom is 0.351 e. The van der Waals surface area contributed by atoms with Crippen LogP contribution in [0.5, 0.6) is 0 Å². The van der Waals surface area contributed by atoms with E-state index in [0.717, 1.165) is 4.57 Å². The molecular formula is C13H19N3O6. The molecule has 1 aromatic rings. The van der Waals surface area contributed by atoms with Crippen molar-refractivity contribution >= 4 is 5.82 Å². The van der Waals surface area contributed by atoms with Crippen LogP contribution in [-0.4, -0.2) is 76.1 Å². The van der Waals surface area contributed by atoms with Crippen LogP contribution in [-0.2, 0) is 9.47 Å². The number of hydrogen-bond donors (Lipinski definition) is 3. The van der Waals surface area contributed by atoms with Gasteiger partial charge in [-0.05, 0) is 6.07 Å². The number of rotatable bonds is 3. The zero-order valence-corrected chi connectivity index (χ0v) is 11.9. The lowest BCUT2D eigenvalue weighted by atomic mass is 10.1. The maximum atomic E-state index is 12.2. The molecule has 0 spiro atoms. The minimum atomic E-state index is -1.30. The van der Waals surface area contributed by atoms with Crippen molar-refractivity contribution in [2.45, 2.75) is 24.5 Å². The molecule has 0 amide bonds. The average molecular weight is 313 g/mol. The predicted molar refractivity (Wildman–Crippen MR) is 74.5 cm³/mol. The molecule has 1 aromatic heterocycles. The van der Waals surface area contributed by atoms with Crippen molar-refractivity contribution in [1.82, 2.24) is 9.55 Å². The van der Waals surface area contributed by atoms with E-state index in [4.69, 9.17) is 14.6 Å². The Hall–Kier alpha value is -1.52. The minimum Gasteiger partial charge on any atom is -0.394 e. The van der Waals surface area contributed by atoms with Gasteiger partial charge < -0.3 is 29.7 Å². The summed E-state index contributed by atoms with van der Waals surface area (Å²) in [4.78, 5) is 18.1. The van der Waals surface area contributed by atoms with Crippen LogP contribution < -0.4 is 10.6 Å². The second-order valence-corrected chi connectivity index (χ2v) is 5.30. The van der Waals surface area contributed by atoms with E-state index < -0.39 is 36.8 Å². The van der Waals surface area contributed by atoms with Gasteiger partial charge >= 0.3 is 5.69 Å². The quantitative estimate of drug-likeness (QED) is 0.570. The fourth-order valence-corrected chi connectivity index (χ4v) is 2.68. The number of aromatic nitrogens is 2. The van der Waals surface area contributed by atoms with Gasteiger partial charge in [0.15, 0.2) is 6.23 Å². The molecule has 0 bridgehead atoms. The summed E-state index contributed by atoms with van der Waals surface area (Å²) in [5.74, 6) is 0.538. The monoisotopic (exact) mass is 313 g/mol. The van der Waals surface area contributed by atoms with E-state index in [1.165, 1.54) is 6.20 Å². The Morgan fingerprint density at radius 2 is 2.00 bits per heavy atom. The Bertz CT molecular complexity index is 573. The molecule has 3 heterocycles. The second kappa shape index (κ2) is 6.31. The molecule has 9 nitrogen and oxygen atoms in total. The summed E-state index contributed by atoms with van der Waals surface area (Å²) in [5.41, 5.74) is -0.584. The first-order valence-corrected chi connectivity index (χ1v) is 7.16. The highest BCUT2D eigenvalue weighted by Gasteiger charge is 2.43. The first-order valence-electron chi connectivity index (χ1n) is 7.16. The molecule has 2 saturated heterocycles. The van der Waals surface area contributed by atoms with Crippen molar-refractivity contribution in [1.29, 1.82) is 0 Å². The second-order valence-electron chi connectivity index (χ2n) is 5.30. The Kier molecular flexibility index (Phi) is 4.41. The highest BCUT2D eigenvalue weighted by molar-refractivity contribution is 5.36. The molecule has 0 aromatic carbocycles. The highest BCUT2D eigenvalue weighted by atomic mass is 16.6. The molecule has 3 rings (SSSR count). The molecule has 4 atom stereocenters. The van der Waals surface area contributed by atoms with Gasteiger partial charge in [-0.2, -0.15) is 4.98 Å². The number of aliphatic hydroxyl groups excluding tert-OH is 3. The molecule has 9 heteroatoms. The SMILES string of the molecule is O=c1nc(N2CCOCC2)ccn1[C@@H]1O[C@H](CO)[C@H](O)[C@@H]1O. The fraction of sp³-hybridized carbons (Fsp3) is 0.692. The molecule has 0 unspecified atom stereocenters. The van der Waals surface area contributed by atoms with Crippen LogP contribution >= 0.6 is 0 Å². The van der Waals surface area contributed by atoms with E-state index in [-0.39, 0.29) is 0 Å². The van der Waals surface area contributed by atoms with E-state index in [1.807, 2.05) is 4.90 Å². The van der Waals surface area contributed by atoms with Gasteiger partial charge in [0.1, 0.15) is 24.1 Å². The third-order valence-corrected chi connectivity index (χ3v) is 3.94. The summed E-state index contributed by atoms with van der Waals surface area (Å²) in [6.45, 7) is 2.04. The number of aliphatic hydroxyl groups is 3. The molecule has 2 aliphatic heterocycles. The largest absolute Gasteiger partial charge is 0.394 e. The van der Waals surface area contributed by atoms with Gasteiger partial charge in [0.05, 0.1) is 19.8 Å². The number of nitrogens with zero attached hydrogens (tertiary/aromatic N) is 3. The van der Waals surface area contributed by atoms with E-state index in [9.17, 15) is 15.0 Å². The van der Waals surface area contributed by atoms with Crippen molar-refractivity contribution in [3.63, 3.8) is 0 Å². The normalized spacial score (nSPS) is 32.4. The Labute approximate surface area is 126 Å².